The Kier molecular flexibility index (Phi) is 4.40. The van der Waals surface area contributed by atoms with Gasteiger partial charge in [0, 0.05) is 6.07 Å². The normalized spacial score (nSPS) is 13.2. The maximum Gasteiger partial charge on any atom is 0.323 e. The summed E-state index contributed by atoms with van der Waals surface area (Å²) in [5.41, 5.74) is 5.32. The third kappa shape index (κ3) is 4.79. The molecule has 1 atom stereocenters. The fraction of sp³-hybridized carbons (Fsp3) is 0.462. The van der Waals surface area contributed by atoms with E-state index in [0.717, 1.165) is 18.2 Å². The third-order valence-corrected chi connectivity index (χ3v) is 2.09. The van der Waals surface area contributed by atoms with Crippen LogP contribution >= 0.6 is 0 Å². The number of carbonyl (C=O) groups excluding carboxylic acids is 1. The number of ether oxygens (including phenoxy) is 1. The van der Waals surface area contributed by atoms with E-state index in [1.165, 1.54) is 0 Å². The Balaban J connectivity index is 2.69. The molecule has 0 aromatic heterocycles. The SMILES string of the molecule is CC(C)(C)OC(=O)C(N)Cc1cc(F)cc(F)c1. The van der Waals surface area contributed by atoms with Crippen LogP contribution in [0.4, 0.5) is 8.78 Å². The molecule has 0 heterocycles. The summed E-state index contributed by atoms with van der Waals surface area (Å²) in [6.07, 6.45) is 0.0313. The van der Waals surface area contributed by atoms with Crippen LogP contribution in [0.3, 0.4) is 0 Å². The number of benzene rings is 1. The molecule has 1 unspecified atom stereocenters. The second kappa shape index (κ2) is 5.44. The summed E-state index contributed by atoms with van der Waals surface area (Å²) in [6.45, 7) is 5.17. The number of esters is 1. The molecule has 0 radical (unpaired) electrons. The van der Waals surface area contributed by atoms with Gasteiger partial charge in [0.15, 0.2) is 0 Å². The van der Waals surface area contributed by atoms with Gasteiger partial charge in [-0.1, -0.05) is 0 Å². The quantitative estimate of drug-likeness (QED) is 0.844. The summed E-state index contributed by atoms with van der Waals surface area (Å²) >= 11 is 0. The van der Waals surface area contributed by atoms with Crippen LogP contribution in [0.5, 0.6) is 0 Å². The number of nitrogens with two attached hydrogens (primary N) is 1. The molecule has 2 N–H and O–H groups in total. The Morgan fingerprint density at radius 3 is 2.22 bits per heavy atom. The molecule has 100 valence electrons. The number of hydrogen-bond acceptors (Lipinski definition) is 3. The molecule has 0 saturated heterocycles. The lowest BCUT2D eigenvalue weighted by Gasteiger charge is -2.22. The molecule has 3 nitrogen and oxygen atoms in total. The molecule has 5 heteroatoms. The molecule has 0 aliphatic carbocycles. The Bertz CT molecular complexity index is 421. The zero-order valence-electron chi connectivity index (χ0n) is 10.7. The van der Waals surface area contributed by atoms with Gasteiger partial charge in [0.2, 0.25) is 0 Å². The molecule has 0 bridgehead atoms. The van der Waals surface area contributed by atoms with E-state index in [4.69, 9.17) is 10.5 Å². The minimum absolute atomic E-state index is 0.0313. The first kappa shape index (κ1) is 14.6. The molecule has 1 rings (SSSR count). The van der Waals surface area contributed by atoms with Gasteiger partial charge in [0.25, 0.3) is 0 Å². The van der Waals surface area contributed by atoms with E-state index in [1.807, 2.05) is 0 Å². The molecular weight excluding hydrogens is 240 g/mol. The highest BCUT2D eigenvalue weighted by molar-refractivity contribution is 5.76. The van der Waals surface area contributed by atoms with Crippen molar-refractivity contribution in [3.8, 4) is 0 Å². The third-order valence-electron chi connectivity index (χ3n) is 2.09. The molecule has 0 fully saturated rings. The van der Waals surface area contributed by atoms with Crippen LogP contribution in [0.2, 0.25) is 0 Å². The fourth-order valence-electron chi connectivity index (χ4n) is 1.44. The van der Waals surface area contributed by atoms with Gasteiger partial charge in [-0.05, 0) is 44.9 Å². The van der Waals surface area contributed by atoms with Gasteiger partial charge in [-0.2, -0.15) is 0 Å². The molecule has 18 heavy (non-hydrogen) atoms. The smallest absolute Gasteiger partial charge is 0.323 e. The highest BCUT2D eigenvalue weighted by Gasteiger charge is 2.22. The van der Waals surface area contributed by atoms with Gasteiger partial charge in [-0.15, -0.1) is 0 Å². The molecule has 0 saturated carbocycles. The number of carbonyl (C=O) groups is 1. The molecule has 1 aromatic rings. The van der Waals surface area contributed by atoms with Crippen LogP contribution < -0.4 is 5.73 Å². The van der Waals surface area contributed by atoms with Crippen molar-refractivity contribution in [3.05, 3.63) is 35.4 Å². The first-order chi connectivity index (χ1) is 8.17. The summed E-state index contributed by atoms with van der Waals surface area (Å²) in [6, 6.07) is 2.12. The molecule has 1 aromatic carbocycles. The maximum atomic E-state index is 13.0. The molecular formula is C13H17F2NO2. The van der Waals surface area contributed by atoms with Gasteiger partial charge in [0.05, 0.1) is 0 Å². The topological polar surface area (TPSA) is 52.3 Å². The Hall–Kier alpha value is -1.49. The van der Waals surface area contributed by atoms with E-state index in [-0.39, 0.29) is 6.42 Å². The molecule has 0 amide bonds. The van der Waals surface area contributed by atoms with E-state index in [1.54, 1.807) is 20.8 Å². The average Bonchev–Trinajstić information content (AvgIpc) is 2.12. The summed E-state index contributed by atoms with van der Waals surface area (Å²) in [5.74, 6) is -1.98. The fourth-order valence-corrected chi connectivity index (χ4v) is 1.44. The van der Waals surface area contributed by atoms with E-state index in [0.29, 0.717) is 5.56 Å². The standard InChI is InChI=1S/C13H17F2NO2/c1-13(2,3)18-12(17)11(16)6-8-4-9(14)7-10(15)5-8/h4-5,7,11H,6,16H2,1-3H3. The van der Waals surface area contributed by atoms with Crippen LogP contribution in [0, 0.1) is 11.6 Å². The van der Waals surface area contributed by atoms with Gasteiger partial charge in [-0.25, -0.2) is 8.78 Å². The summed E-state index contributed by atoms with van der Waals surface area (Å²) in [4.78, 5) is 11.6. The zero-order valence-corrected chi connectivity index (χ0v) is 10.7. The van der Waals surface area contributed by atoms with Crippen molar-refractivity contribution in [1.29, 1.82) is 0 Å². The second-order valence-corrected chi connectivity index (χ2v) is 5.12. The minimum atomic E-state index is -0.939. The van der Waals surface area contributed by atoms with Crippen molar-refractivity contribution >= 4 is 5.97 Å². The number of rotatable bonds is 3. The van der Waals surface area contributed by atoms with E-state index < -0.39 is 29.2 Å². The lowest BCUT2D eigenvalue weighted by Crippen LogP contribution is -2.38. The molecule has 0 aliphatic heterocycles. The van der Waals surface area contributed by atoms with Crippen molar-refractivity contribution < 1.29 is 18.3 Å². The largest absolute Gasteiger partial charge is 0.459 e. The van der Waals surface area contributed by atoms with Gasteiger partial charge in [0.1, 0.15) is 23.3 Å². The van der Waals surface area contributed by atoms with Crippen LogP contribution in [-0.4, -0.2) is 17.6 Å². The van der Waals surface area contributed by atoms with Crippen LogP contribution in [0.15, 0.2) is 18.2 Å². The second-order valence-electron chi connectivity index (χ2n) is 5.12. The van der Waals surface area contributed by atoms with Crippen LogP contribution in [0.25, 0.3) is 0 Å². The van der Waals surface area contributed by atoms with Crippen LogP contribution in [-0.2, 0) is 16.0 Å². The first-order valence-electron chi connectivity index (χ1n) is 5.61. The maximum absolute atomic E-state index is 13.0. The van der Waals surface area contributed by atoms with Crippen molar-refractivity contribution in [2.24, 2.45) is 5.73 Å². The van der Waals surface area contributed by atoms with Gasteiger partial charge in [-0.3, -0.25) is 4.79 Å². The lowest BCUT2D eigenvalue weighted by atomic mass is 10.1. The highest BCUT2D eigenvalue weighted by atomic mass is 19.1. The predicted octanol–water partition coefficient (Wildman–Crippen LogP) is 2.18. The van der Waals surface area contributed by atoms with E-state index in [9.17, 15) is 13.6 Å². The predicted molar refractivity (Wildman–Crippen MR) is 63.9 cm³/mol. The Morgan fingerprint density at radius 1 is 1.28 bits per heavy atom. The number of hydrogen-bond donors (Lipinski definition) is 1. The van der Waals surface area contributed by atoms with Gasteiger partial charge < -0.3 is 10.5 Å². The molecule has 0 aliphatic rings. The first-order valence-corrected chi connectivity index (χ1v) is 5.61. The van der Waals surface area contributed by atoms with Crippen molar-refractivity contribution in [3.63, 3.8) is 0 Å². The summed E-state index contributed by atoms with van der Waals surface area (Å²) < 4.78 is 31.0. The van der Waals surface area contributed by atoms with Crippen LogP contribution in [0.1, 0.15) is 26.3 Å². The Labute approximate surface area is 105 Å². The number of halogens is 2. The lowest BCUT2D eigenvalue weighted by molar-refractivity contribution is -0.156. The van der Waals surface area contributed by atoms with Crippen molar-refractivity contribution in [2.75, 3.05) is 0 Å². The Morgan fingerprint density at radius 2 is 1.78 bits per heavy atom. The van der Waals surface area contributed by atoms with Crippen molar-refractivity contribution in [2.45, 2.75) is 38.8 Å². The minimum Gasteiger partial charge on any atom is -0.459 e. The average molecular weight is 257 g/mol. The molecule has 0 spiro atoms. The summed E-state index contributed by atoms with van der Waals surface area (Å²) in [7, 11) is 0. The monoisotopic (exact) mass is 257 g/mol. The van der Waals surface area contributed by atoms with Gasteiger partial charge >= 0.3 is 5.97 Å². The summed E-state index contributed by atoms with van der Waals surface area (Å²) in [5, 5.41) is 0. The highest BCUT2D eigenvalue weighted by Crippen LogP contribution is 2.12. The van der Waals surface area contributed by atoms with E-state index in [2.05, 4.69) is 0 Å². The zero-order chi connectivity index (χ0) is 13.9. The van der Waals surface area contributed by atoms with E-state index >= 15 is 0 Å². The van der Waals surface area contributed by atoms with Crippen molar-refractivity contribution in [1.82, 2.24) is 0 Å².